The number of aryl methyl sites for hydroxylation is 2. The van der Waals surface area contributed by atoms with Crippen LogP contribution in [0.1, 0.15) is 37.8 Å². The van der Waals surface area contributed by atoms with Gasteiger partial charge in [-0.15, -0.1) is 0 Å². The number of carbonyl (C=O) groups excluding carboxylic acids is 1. The summed E-state index contributed by atoms with van der Waals surface area (Å²) in [5.74, 6) is 0.0735. The Kier molecular flexibility index (Phi) is 5.20. The van der Waals surface area contributed by atoms with E-state index in [1.54, 1.807) is 0 Å². The summed E-state index contributed by atoms with van der Waals surface area (Å²) in [6.45, 7) is 3.98. The molecule has 0 spiro atoms. The molecule has 0 aliphatic heterocycles. The average molecular weight is 289 g/mol. The first-order valence-electron chi connectivity index (χ1n) is 7.43. The fourth-order valence-corrected chi connectivity index (χ4v) is 2.43. The Labute approximate surface area is 125 Å². The molecular weight excluding hydrogens is 266 g/mol. The van der Waals surface area contributed by atoms with Crippen LogP contribution in [0, 0.1) is 0 Å². The molecular formula is C16H23N3O2. The van der Waals surface area contributed by atoms with Crippen molar-refractivity contribution in [2.75, 3.05) is 11.9 Å². The van der Waals surface area contributed by atoms with Crippen LogP contribution in [-0.2, 0) is 22.4 Å². The van der Waals surface area contributed by atoms with Gasteiger partial charge in [-0.3, -0.25) is 9.79 Å². The van der Waals surface area contributed by atoms with Crippen molar-refractivity contribution in [1.29, 1.82) is 0 Å². The molecule has 0 radical (unpaired) electrons. The van der Waals surface area contributed by atoms with Crippen molar-refractivity contribution in [1.82, 2.24) is 0 Å². The Balaban J connectivity index is 1.82. The standard InChI is InChI=1S/C16H23N3O2/c1-11(2)21-15(20)8-9-18-16(17)19-14-7-6-12-4-3-5-13(12)10-14/h6-7,10-11H,3-5,8-9H2,1-2H3,(H3,17,18,19). The highest BCUT2D eigenvalue weighted by Gasteiger charge is 2.11. The number of rotatable bonds is 5. The summed E-state index contributed by atoms with van der Waals surface area (Å²) in [7, 11) is 0. The summed E-state index contributed by atoms with van der Waals surface area (Å²) < 4.78 is 5.03. The van der Waals surface area contributed by atoms with Crippen molar-refractivity contribution in [2.45, 2.75) is 45.6 Å². The summed E-state index contributed by atoms with van der Waals surface area (Å²) >= 11 is 0. The van der Waals surface area contributed by atoms with Gasteiger partial charge in [0.2, 0.25) is 0 Å². The van der Waals surface area contributed by atoms with E-state index in [4.69, 9.17) is 10.5 Å². The molecule has 0 heterocycles. The van der Waals surface area contributed by atoms with Crippen LogP contribution in [-0.4, -0.2) is 24.6 Å². The van der Waals surface area contributed by atoms with Crippen molar-refractivity contribution in [3.63, 3.8) is 0 Å². The van der Waals surface area contributed by atoms with Crippen LogP contribution in [0.4, 0.5) is 5.69 Å². The second-order valence-electron chi connectivity index (χ2n) is 5.52. The molecule has 0 amide bonds. The lowest BCUT2D eigenvalue weighted by molar-refractivity contribution is -0.147. The quantitative estimate of drug-likeness (QED) is 0.495. The molecule has 1 aliphatic carbocycles. The number of nitrogens with one attached hydrogen (secondary N) is 1. The van der Waals surface area contributed by atoms with Crippen LogP contribution in [0.3, 0.4) is 0 Å². The molecule has 0 unspecified atom stereocenters. The van der Waals surface area contributed by atoms with E-state index in [1.807, 2.05) is 19.9 Å². The van der Waals surface area contributed by atoms with Crippen LogP contribution in [0.25, 0.3) is 0 Å². The van der Waals surface area contributed by atoms with Gasteiger partial charge in [-0.25, -0.2) is 0 Å². The molecule has 0 atom stereocenters. The lowest BCUT2D eigenvalue weighted by Gasteiger charge is -2.08. The summed E-state index contributed by atoms with van der Waals surface area (Å²) in [4.78, 5) is 15.5. The maximum Gasteiger partial charge on any atom is 0.307 e. The summed E-state index contributed by atoms with van der Waals surface area (Å²) in [6, 6.07) is 6.27. The molecule has 0 aromatic heterocycles. The minimum absolute atomic E-state index is 0.0941. The predicted octanol–water partition coefficient (Wildman–Crippen LogP) is 2.24. The first kappa shape index (κ1) is 15.4. The number of aliphatic imine (C=N–C) groups is 1. The van der Waals surface area contributed by atoms with Crippen LogP contribution < -0.4 is 11.1 Å². The summed E-state index contributed by atoms with van der Waals surface area (Å²) in [6.07, 6.45) is 3.66. The van der Waals surface area contributed by atoms with Gasteiger partial charge in [-0.1, -0.05) is 6.07 Å². The van der Waals surface area contributed by atoms with Gasteiger partial charge in [0, 0.05) is 5.69 Å². The number of ether oxygens (including phenoxy) is 1. The number of guanidine groups is 1. The number of esters is 1. The van der Waals surface area contributed by atoms with Crippen LogP contribution in [0.2, 0.25) is 0 Å². The number of hydrogen-bond donors (Lipinski definition) is 2. The van der Waals surface area contributed by atoms with Gasteiger partial charge in [0.05, 0.1) is 19.1 Å². The molecule has 2 rings (SSSR count). The highest BCUT2D eigenvalue weighted by atomic mass is 16.5. The zero-order chi connectivity index (χ0) is 15.2. The van der Waals surface area contributed by atoms with Crippen LogP contribution in [0.15, 0.2) is 23.2 Å². The van der Waals surface area contributed by atoms with Gasteiger partial charge < -0.3 is 15.8 Å². The highest BCUT2D eigenvalue weighted by molar-refractivity contribution is 5.92. The molecule has 0 saturated heterocycles. The Morgan fingerprint density at radius 1 is 1.38 bits per heavy atom. The van der Waals surface area contributed by atoms with Gasteiger partial charge in [0.25, 0.3) is 0 Å². The smallest absolute Gasteiger partial charge is 0.307 e. The van der Waals surface area contributed by atoms with Gasteiger partial charge in [0.15, 0.2) is 5.96 Å². The van der Waals surface area contributed by atoms with Crippen LogP contribution >= 0.6 is 0 Å². The zero-order valence-corrected chi connectivity index (χ0v) is 12.7. The summed E-state index contributed by atoms with van der Waals surface area (Å²) in [5, 5.41) is 3.06. The second kappa shape index (κ2) is 7.11. The van der Waals surface area contributed by atoms with E-state index in [1.165, 1.54) is 17.5 Å². The fraction of sp³-hybridized carbons (Fsp3) is 0.500. The minimum atomic E-state index is -0.251. The van der Waals surface area contributed by atoms with E-state index in [0.717, 1.165) is 18.5 Å². The Hall–Kier alpha value is -2.04. The SMILES string of the molecule is CC(C)OC(=O)CCN=C(N)Nc1ccc2c(c1)CCC2. The molecule has 0 fully saturated rings. The molecule has 5 nitrogen and oxygen atoms in total. The fourth-order valence-electron chi connectivity index (χ4n) is 2.43. The molecule has 5 heteroatoms. The van der Waals surface area contributed by atoms with Crippen molar-refractivity contribution < 1.29 is 9.53 Å². The Bertz CT molecular complexity index is 538. The van der Waals surface area contributed by atoms with Gasteiger partial charge in [-0.05, 0) is 56.4 Å². The number of fused-ring (bicyclic) bond motifs is 1. The molecule has 0 bridgehead atoms. The minimum Gasteiger partial charge on any atom is -0.463 e. The average Bonchev–Trinajstić information content (AvgIpc) is 2.85. The van der Waals surface area contributed by atoms with Crippen molar-refractivity contribution >= 4 is 17.6 Å². The largest absolute Gasteiger partial charge is 0.463 e. The monoisotopic (exact) mass is 289 g/mol. The van der Waals surface area contributed by atoms with Gasteiger partial charge >= 0.3 is 5.97 Å². The zero-order valence-electron chi connectivity index (χ0n) is 12.7. The van der Waals surface area contributed by atoms with E-state index in [-0.39, 0.29) is 18.5 Å². The first-order valence-corrected chi connectivity index (χ1v) is 7.43. The normalized spacial score (nSPS) is 14.1. The van der Waals surface area contributed by atoms with Crippen LogP contribution in [0.5, 0.6) is 0 Å². The van der Waals surface area contributed by atoms with E-state index in [0.29, 0.717) is 12.5 Å². The highest BCUT2D eigenvalue weighted by Crippen LogP contribution is 2.24. The Morgan fingerprint density at radius 2 is 2.14 bits per heavy atom. The Morgan fingerprint density at radius 3 is 2.90 bits per heavy atom. The van der Waals surface area contributed by atoms with Crippen molar-refractivity contribution in [3.8, 4) is 0 Å². The lowest BCUT2D eigenvalue weighted by atomic mass is 10.1. The third kappa shape index (κ3) is 4.77. The predicted molar refractivity (Wildman–Crippen MR) is 84.4 cm³/mol. The van der Waals surface area contributed by atoms with E-state index in [2.05, 4.69) is 22.4 Å². The first-order chi connectivity index (χ1) is 10.0. The topological polar surface area (TPSA) is 76.7 Å². The molecule has 3 N–H and O–H groups in total. The van der Waals surface area contributed by atoms with Gasteiger partial charge in [-0.2, -0.15) is 0 Å². The number of benzene rings is 1. The molecule has 114 valence electrons. The maximum absolute atomic E-state index is 11.4. The second-order valence-corrected chi connectivity index (χ2v) is 5.52. The number of anilines is 1. The third-order valence-corrected chi connectivity index (χ3v) is 3.34. The van der Waals surface area contributed by atoms with Crippen molar-refractivity contribution in [2.24, 2.45) is 10.7 Å². The lowest BCUT2D eigenvalue weighted by Crippen LogP contribution is -2.23. The summed E-state index contributed by atoms with van der Waals surface area (Å²) in [5.41, 5.74) is 9.58. The maximum atomic E-state index is 11.4. The number of nitrogens with zero attached hydrogens (tertiary/aromatic N) is 1. The van der Waals surface area contributed by atoms with E-state index >= 15 is 0 Å². The third-order valence-electron chi connectivity index (χ3n) is 3.34. The molecule has 21 heavy (non-hydrogen) atoms. The van der Waals surface area contributed by atoms with E-state index < -0.39 is 0 Å². The number of hydrogen-bond acceptors (Lipinski definition) is 3. The number of carbonyl (C=O) groups is 1. The molecule has 1 aliphatic rings. The molecule has 1 aromatic rings. The molecule has 1 aromatic carbocycles. The number of nitrogens with two attached hydrogens (primary N) is 1. The molecule has 0 saturated carbocycles. The van der Waals surface area contributed by atoms with E-state index in [9.17, 15) is 4.79 Å². The van der Waals surface area contributed by atoms with Gasteiger partial charge in [0.1, 0.15) is 0 Å². The van der Waals surface area contributed by atoms with Crippen molar-refractivity contribution in [3.05, 3.63) is 29.3 Å².